The molecular formula is C15H24N4OS. The summed E-state index contributed by atoms with van der Waals surface area (Å²) in [5.41, 5.74) is 5.67. The van der Waals surface area contributed by atoms with Crippen molar-refractivity contribution < 1.29 is 4.79 Å². The lowest BCUT2D eigenvalue weighted by molar-refractivity contribution is -0.133. The highest BCUT2D eigenvalue weighted by atomic mass is 32.2. The van der Waals surface area contributed by atoms with Crippen LogP contribution in [-0.4, -0.2) is 45.2 Å². The molecule has 2 N–H and O–H groups in total. The normalized spacial score (nSPS) is 21.6. The Hall–Kier alpha value is -1.17. The summed E-state index contributed by atoms with van der Waals surface area (Å²) in [5.74, 6) is 3.98. The molecule has 2 saturated heterocycles. The van der Waals surface area contributed by atoms with Gasteiger partial charge in [-0.3, -0.25) is 9.48 Å². The molecule has 0 bridgehead atoms. The number of nitrogen functional groups attached to an aromatic ring is 1. The fourth-order valence-corrected chi connectivity index (χ4v) is 4.47. The average Bonchev–Trinajstić information content (AvgIpc) is 2.95. The standard InChI is InChI=1S/C15H24N4OS/c16-14-3-8-19(17-14)13-1-6-18(7-2-13)15(20)11-12-4-9-21-10-5-12/h3,8,12-13H,1-2,4-7,9-11H2,(H2,16,17). The van der Waals surface area contributed by atoms with Gasteiger partial charge in [-0.05, 0) is 49.2 Å². The summed E-state index contributed by atoms with van der Waals surface area (Å²) in [5, 5.41) is 4.29. The summed E-state index contributed by atoms with van der Waals surface area (Å²) in [6.45, 7) is 1.70. The van der Waals surface area contributed by atoms with Crippen LogP contribution in [0.3, 0.4) is 0 Å². The predicted octanol–water partition coefficient (Wildman–Crippen LogP) is 2.16. The molecule has 0 aromatic carbocycles. The number of anilines is 1. The lowest BCUT2D eigenvalue weighted by atomic mass is 9.97. The van der Waals surface area contributed by atoms with Crippen LogP contribution in [0.15, 0.2) is 12.3 Å². The molecule has 6 heteroatoms. The van der Waals surface area contributed by atoms with Gasteiger partial charge in [-0.25, -0.2) is 0 Å². The maximum absolute atomic E-state index is 12.4. The minimum absolute atomic E-state index is 0.352. The summed E-state index contributed by atoms with van der Waals surface area (Å²) >= 11 is 2.02. The number of hydrogen-bond acceptors (Lipinski definition) is 4. The van der Waals surface area contributed by atoms with Crippen LogP contribution in [0.1, 0.15) is 38.1 Å². The summed E-state index contributed by atoms with van der Waals surface area (Å²) in [6.07, 6.45) is 7.07. The van der Waals surface area contributed by atoms with E-state index in [-0.39, 0.29) is 0 Å². The molecule has 0 radical (unpaired) electrons. The van der Waals surface area contributed by atoms with Crippen LogP contribution in [0.5, 0.6) is 0 Å². The molecule has 116 valence electrons. The van der Waals surface area contributed by atoms with Crippen molar-refractivity contribution in [1.29, 1.82) is 0 Å². The monoisotopic (exact) mass is 308 g/mol. The topological polar surface area (TPSA) is 64.2 Å². The molecule has 0 atom stereocenters. The van der Waals surface area contributed by atoms with E-state index in [1.54, 1.807) is 0 Å². The van der Waals surface area contributed by atoms with E-state index in [1.165, 1.54) is 24.3 Å². The number of carbonyl (C=O) groups is 1. The highest BCUT2D eigenvalue weighted by Crippen LogP contribution is 2.27. The minimum atomic E-state index is 0.352. The zero-order valence-electron chi connectivity index (χ0n) is 12.4. The molecule has 0 aliphatic carbocycles. The lowest BCUT2D eigenvalue weighted by Crippen LogP contribution is -2.40. The van der Waals surface area contributed by atoms with Crippen molar-refractivity contribution in [2.24, 2.45) is 5.92 Å². The first-order valence-electron chi connectivity index (χ1n) is 7.88. The molecule has 1 aromatic rings. The number of hydrogen-bond donors (Lipinski definition) is 1. The molecule has 0 spiro atoms. The molecule has 21 heavy (non-hydrogen) atoms. The highest BCUT2D eigenvalue weighted by molar-refractivity contribution is 7.99. The SMILES string of the molecule is Nc1ccn(C2CCN(C(=O)CC3CCSCC3)CC2)n1. The highest BCUT2D eigenvalue weighted by Gasteiger charge is 2.26. The first-order chi connectivity index (χ1) is 10.2. The van der Waals surface area contributed by atoms with Crippen molar-refractivity contribution in [2.75, 3.05) is 30.3 Å². The first kappa shape index (κ1) is 14.8. The van der Waals surface area contributed by atoms with E-state index in [1.807, 2.05) is 33.6 Å². The van der Waals surface area contributed by atoms with Gasteiger partial charge in [0, 0.05) is 25.7 Å². The number of piperidine rings is 1. The predicted molar refractivity (Wildman–Crippen MR) is 86.2 cm³/mol. The molecule has 1 amide bonds. The summed E-state index contributed by atoms with van der Waals surface area (Å²) < 4.78 is 1.95. The van der Waals surface area contributed by atoms with E-state index in [0.29, 0.717) is 23.7 Å². The van der Waals surface area contributed by atoms with Crippen molar-refractivity contribution in [3.63, 3.8) is 0 Å². The second-order valence-electron chi connectivity index (χ2n) is 6.09. The van der Waals surface area contributed by atoms with E-state index < -0.39 is 0 Å². The van der Waals surface area contributed by atoms with Crippen LogP contribution in [-0.2, 0) is 4.79 Å². The van der Waals surface area contributed by atoms with Crippen LogP contribution < -0.4 is 5.73 Å². The molecule has 0 unspecified atom stereocenters. The molecule has 3 heterocycles. The van der Waals surface area contributed by atoms with E-state index >= 15 is 0 Å². The zero-order valence-corrected chi connectivity index (χ0v) is 13.2. The van der Waals surface area contributed by atoms with Crippen molar-refractivity contribution in [3.05, 3.63) is 12.3 Å². The van der Waals surface area contributed by atoms with E-state index in [0.717, 1.165) is 32.4 Å². The van der Waals surface area contributed by atoms with Gasteiger partial charge in [-0.2, -0.15) is 16.9 Å². The second kappa shape index (κ2) is 6.73. The van der Waals surface area contributed by atoms with Gasteiger partial charge in [0.25, 0.3) is 0 Å². The summed E-state index contributed by atoms with van der Waals surface area (Å²) in [6, 6.07) is 2.22. The zero-order chi connectivity index (χ0) is 14.7. The van der Waals surface area contributed by atoms with Gasteiger partial charge in [0.15, 0.2) is 0 Å². The van der Waals surface area contributed by atoms with Gasteiger partial charge in [0.1, 0.15) is 5.82 Å². The number of rotatable bonds is 3. The molecule has 2 aliphatic rings. The Balaban J connectivity index is 1.47. The number of thioether (sulfide) groups is 1. The maximum atomic E-state index is 12.4. The Morgan fingerprint density at radius 1 is 1.29 bits per heavy atom. The van der Waals surface area contributed by atoms with E-state index in [9.17, 15) is 4.79 Å². The van der Waals surface area contributed by atoms with Crippen molar-refractivity contribution in [2.45, 2.75) is 38.1 Å². The third-order valence-corrected chi connectivity index (χ3v) is 5.67. The van der Waals surface area contributed by atoms with Crippen LogP contribution in [0.25, 0.3) is 0 Å². The van der Waals surface area contributed by atoms with E-state index in [4.69, 9.17) is 5.73 Å². The Labute approximate surface area is 130 Å². The molecule has 2 aliphatic heterocycles. The van der Waals surface area contributed by atoms with Crippen molar-refractivity contribution in [3.8, 4) is 0 Å². The fourth-order valence-electron chi connectivity index (χ4n) is 3.26. The van der Waals surface area contributed by atoms with Crippen LogP contribution >= 0.6 is 11.8 Å². The van der Waals surface area contributed by atoms with Crippen LogP contribution in [0.2, 0.25) is 0 Å². The smallest absolute Gasteiger partial charge is 0.222 e. The number of likely N-dealkylation sites (tertiary alicyclic amines) is 1. The number of aromatic nitrogens is 2. The lowest BCUT2D eigenvalue weighted by Gasteiger charge is -2.33. The molecule has 3 rings (SSSR count). The Kier molecular flexibility index (Phi) is 4.73. The molecule has 2 fully saturated rings. The average molecular weight is 308 g/mol. The summed E-state index contributed by atoms with van der Waals surface area (Å²) in [4.78, 5) is 14.4. The fraction of sp³-hybridized carbons (Fsp3) is 0.733. The number of carbonyl (C=O) groups excluding carboxylic acids is 1. The van der Waals surface area contributed by atoms with Crippen LogP contribution in [0, 0.1) is 5.92 Å². The molecule has 1 aromatic heterocycles. The largest absolute Gasteiger partial charge is 0.382 e. The third-order valence-electron chi connectivity index (χ3n) is 4.62. The number of nitrogens with zero attached hydrogens (tertiary/aromatic N) is 3. The number of amides is 1. The quantitative estimate of drug-likeness (QED) is 0.929. The van der Waals surface area contributed by atoms with Gasteiger partial charge in [0.2, 0.25) is 5.91 Å². The molecule has 5 nitrogen and oxygen atoms in total. The minimum Gasteiger partial charge on any atom is -0.382 e. The Bertz CT molecular complexity index is 476. The first-order valence-corrected chi connectivity index (χ1v) is 9.04. The van der Waals surface area contributed by atoms with Gasteiger partial charge in [-0.1, -0.05) is 0 Å². The molecule has 0 saturated carbocycles. The Morgan fingerprint density at radius 3 is 2.62 bits per heavy atom. The maximum Gasteiger partial charge on any atom is 0.222 e. The van der Waals surface area contributed by atoms with Crippen molar-refractivity contribution >= 4 is 23.5 Å². The second-order valence-corrected chi connectivity index (χ2v) is 7.32. The van der Waals surface area contributed by atoms with Crippen molar-refractivity contribution in [1.82, 2.24) is 14.7 Å². The van der Waals surface area contributed by atoms with E-state index in [2.05, 4.69) is 5.10 Å². The number of nitrogens with two attached hydrogens (primary N) is 1. The van der Waals surface area contributed by atoms with Gasteiger partial charge >= 0.3 is 0 Å². The summed E-state index contributed by atoms with van der Waals surface area (Å²) in [7, 11) is 0. The van der Waals surface area contributed by atoms with Gasteiger partial charge in [0.05, 0.1) is 6.04 Å². The third kappa shape index (κ3) is 3.73. The molecular weight excluding hydrogens is 284 g/mol. The Morgan fingerprint density at radius 2 is 2.00 bits per heavy atom. The van der Waals surface area contributed by atoms with Crippen LogP contribution in [0.4, 0.5) is 5.82 Å². The van der Waals surface area contributed by atoms with Gasteiger partial charge in [-0.15, -0.1) is 0 Å². The van der Waals surface area contributed by atoms with Gasteiger partial charge < -0.3 is 10.6 Å².